The number of rotatable bonds is 6. The standard InChI is InChI=1S/C18H25N7O/c1-23-6-7-25(15(11-23)8-18(26)20-10-14-2-3-14)17-9-16(21-12-22-17)24-5-4-19-13-24/h4-5,9,12-15H,2-3,6-8,10-11H2,1H3,(H,20,26). The first-order chi connectivity index (χ1) is 12.7. The zero-order chi connectivity index (χ0) is 17.9. The summed E-state index contributed by atoms with van der Waals surface area (Å²) in [6.45, 7) is 3.46. The fourth-order valence-corrected chi connectivity index (χ4v) is 3.38. The molecule has 1 atom stereocenters. The van der Waals surface area contributed by atoms with Crippen LogP contribution in [0.4, 0.5) is 5.82 Å². The van der Waals surface area contributed by atoms with Gasteiger partial charge in [0, 0.05) is 51.1 Å². The second-order valence-corrected chi connectivity index (χ2v) is 7.27. The lowest BCUT2D eigenvalue weighted by molar-refractivity contribution is -0.121. The summed E-state index contributed by atoms with van der Waals surface area (Å²) in [5, 5.41) is 3.08. The van der Waals surface area contributed by atoms with E-state index in [1.165, 1.54) is 12.8 Å². The average molecular weight is 355 g/mol. The molecule has 4 rings (SSSR count). The number of nitrogens with zero attached hydrogens (tertiary/aromatic N) is 6. The molecule has 0 bridgehead atoms. The Bertz CT molecular complexity index is 744. The fraction of sp³-hybridized carbons (Fsp3) is 0.556. The van der Waals surface area contributed by atoms with Crippen LogP contribution < -0.4 is 10.2 Å². The van der Waals surface area contributed by atoms with Crippen molar-refractivity contribution in [2.24, 2.45) is 5.92 Å². The third kappa shape index (κ3) is 4.01. The Hall–Kier alpha value is -2.48. The van der Waals surface area contributed by atoms with E-state index >= 15 is 0 Å². The molecule has 138 valence electrons. The molecular weight excluding hydrogens is 330 g/mol. The van der Waals surface area contributed by atoms with Crippen molar-refractivity contribution in [3.05, 3.63) is 31.1 Å². The molecule has 8 nitrogen and oxygen atoms in total. The lowest BCUT2D eigenvalue weighted by Gasteiger charge is -2.40. The van der Waals surface area contributed by atoms with E-state index in [9.17, 15) is 4.79 Å². The number of hydrogen-bond acceptors (Lipinski definition) is 6. The van der Waals surface area contributed by atoms with E-state index in [0.717, 1.165) is 37.8 Å². The van der Waals surface area contributed by atoms with E-state index in [-0.39, 0.29) is 11.9 Å². The molecule has 2 aliphatic rings. The van der Waals surface area contributed by atoms with Crippen LogP contribution in [0.2, 0.25) is 0 Å². The molecule has 1 N–H and O–H groups in total. The maximum absolute atomic E-state index is 12.4. The third-order valence-electron chi connectivity index (χ3n) is 5.09. The van der Waals surface area contributed by atoms with E-state index in [1.54, 1.807) is 18.9 Å². The smallest absolute Gasteiger partial charge is 0.222 e. The Balaban J connectivity index is 1.48. The van der Waals surface area contributed by atoms with Crippen LogP contribution in [-0.2, 0) is 4.79 Å². The molecular formula is C18H25N7O. The number of amides is 1. The average Bonchev–Trinajstić information content (AvgIpc) is 3.31. The van der Waals surface area contributed by atoms with Crippen LogP contribution in [0.25, 0.3) is 5.82 Å². The van der Waals surface area contributed by atoms with E-state index in [4.69, 9.17) is 0 Å². The van der Waals surface area contributed by atoms with Crippen LogP contribution >= 0.6 is 0 Å². The number of hydrogen-bond donors (Lipinski definition) is 1. The minimum absolute atomic E-state index is 0.110. The van der Waals surface area contributed by atoms with Gasteiger partial charge >= 0.3 is 0 Å². The van der Waals surface area contributed by atoms with Gasteiger partial charge in [-0.2, -0.15) is 0 Å². The normalized spacial score (nSPS) is 21.0. The highest BCUT2D eigenvalue weighted by Crippen LogP contribution is 2.27. The third-order valence-corrected chi connectivity index (χ3v) is 5.09. The first kappa shape index (κ1) is 17.0. The Morgan fingerprint density at radius 2 is 2.12 bits per heavy atom. The topological polar surface area (TPSA) is 79.2 Å². The van der Waals surface area contributed by atoms with Crippen LogP contribution in [0.15, 0.2) is 31.1 Å². The summed E-state index contributed by atoms with van der Waals surface area (Å²) in [6, 6.07) is 2.07. The van der Waals surface area contributed by atoms with Crippen LogP contribution in [-0.4, -0.2) is 69.6 Å². The summed E-state index contributed by atoms with van der Waals surface area (Å²) < 4.78 is 1.86. The number of anilines is 1. The van der Waals surface area contributed by atoms with Crippen LogP contribution in [0, 0.1) is 5.92 Å². The van der Waals surface area contributed by atoms with Gasteiger partial charge in [-0.25, -0.2) is 15.0 Å². The molecule has 2 fully saturated rings. The van der Waals surface area contributed by atoms with E-state index in [2.05, 4.69) is 37.1 Å². The van der Waals surface area contributed by atoms with Crippen molar-refractivity contribution in [1.29, 1.82) is 0 Å². The number of nitrogens with one attached hydrogen (secondary N) is 1. The Morgan fingerprint density at radius 1 is 1.27 bits per heavy atom. The first-order valence-electron chi connectivity index (χ1n) is 9.21. The number of aromatic nitrogens is 4. The van der Waals surface area contributed by atoms with Crippen molar-refractivity contribution < 1.29 is 4.79 Å². The Morgan fingerprint density at radius 3 is 2.88 bits per heavy atom. The lowest BCUT2D eigenvalue weighted by atomic mass is 10.1. The lowest BCUT2D eigenvalue weighted by Crippen LogP contribution is -2.53. The Kier molecular flexibility index (Phi) is 4.83. The second kappa shape index (κ2) is 7.41. The van der Waals surface area contributed by atoms with Crippen molar-refractivity contribution in [1.82, 2.24) is 29.7 Å². The van der Waals surface area contributed by atoms with Gasteiger partial charge in [-0.1, -0.05) is 0 Å². The zero-order valence-corrected chi connectivity index (χ0v) is 15.1. The fourth-order valence-electron chi connectivity index (χ4n) is 3.38. The summed E-state index contributed by atoms with van der Waals surface area (Å²) in [4.78, 5) is 29.8. The quantitative estimate of drug-likeness (QED) is 0.822. The molecule has 0 aromatic carbocycles. The van der Waals surface area contributed by atoms with Crippen molar-refractivity contribution in [2.45, 2.75) is 25.3 Å². The van der Waals surface area contributed by atoms with Gasteiger partial charge in [-0.15, -0.1) is 0 Å². The van der Waals surface area contributed by atoms with E-state index in [0.29, 0.717) is 12.3 Å². The molecule has 1 saturated heterocycles. The number of carbonyl (C=O) groups is 1. The van der Waals surface area contributed by atoms with Gasteiger partial charge < -0.3 is 15.1 Å². The van der Waals surface area contributed by atoms with Gasteiger partial charge in [0.25, 0.3) is 0 Å². The molecule has 2 aromatic heterocycles. The second-order valence-electron chi connectivity index (χ2n) is 7.27. The van der Waals surface area contributed by atoms with E-state index < -0.39 is 0 Å². The monoisotopic (exact) mass is 355 g/mol. The summed E-state index contributed by atoms with van der Waals surface area (Å²) in [5.74, 6) is 2.47. The summed E-state index contributed by atoms with van der Waals surface area (Å²) in [7, 11) is 2.10. The predicted molar refractivity (Wildman–Crippen MR) is 98.1 cm³/mol. The van der Waals surface area contributed by atoms with Crippen LogP contribution in [0.5, 0.6) is 0 Å². The maximum atomic E-state index is 12.4. The molecule has 8 heteroatoms. The highest BCUT2D eigenvalue weighted by Gasteiger charge is 2.29. The predicted octanol–water partition coefficient (Wildman–Crippen LogP) is 0.699. The molecule has 1 amide bonds. The zero-order valence-electron chi connectivity index (χ0n) is 15.1. The van der Waals surface area contributed by atoms with Crippen molar-refractivity contribution in [2.75, 3.05) is 38.1 Å². The van der Waals surface area contributed by atoms with Gasteiger partial charge in [0.05, 0.1) is 6.04 Å². The SMILES string of the molecule is CN1CCN(c2cc(-n3ccnc3)ncn2)C(CC(=O)NCC2CC2)C1. The van der Waals surface area contributed by atoms with Crippen LogP contribution in [0.3, 0.4) is 0 Å². The number of carbonyl (C=O) groups excluding carboxylic acids is 1. The number of likely N-dealkylation sites (N-methyl/N-ethyl adjacent to an activating group) is 1. The van der Waals surface area contributed by atoms with E-state index in [1.807, 2.05) is 16.8 Å². The largest absolute Gasteiger partial charge is 0.356 e. The van der Waals surface area contributed by atoms with Gasteiger partial charge in [-0.3, -0.25) is 9.36 Å². The molecule has 1 saturated carbocycles. The minimum atomic E-state index is 0.110. The minimum Gasteiger partial charge on any atom is -0.356 e. The van der Waals surface area contributed by atoms with Gasteiger partial charge in [0.1, 0.15) is 24.3 Å². The molecule has 1 aliphatic heterocycles. The molecule has 1 unspecified atom stereocenters. The van der Waals surface area contributed by atoms with Crippen molar-refractivity contribution in [3.63, 3.8) is 0 Å². The summed E-state index contributed by atoms with van der Waals surface area (Å²) >= 11 is 0. The van der Waals surface area contributed by atoms with Crippen LogP contribution in [0.1, 0.15) is 19.3 Å². The maximum Gasteiger partial charge on any atom is 0.222 e. The number of imidazole rings is 1. The van der Waals surface area contributed by atoms with Crippen molar-refractivity contribution in [3.8, 4) is 5.82 Å². The van der Waals surface area contributed by atoms with Gasteiger partial charge in [0.15, 0.2) is 0 Å². The Labute approximate surface area is 153 Å². The van der Waals surface area contributed by atoms with Gasteiger partial charge in [0.2, 0.25) is 5.91 Å². The first-order valence-corrected chi connectivity index (χ1v) is 9.21. The number of piperazine rings is 1. The highest BCUT2D eigenvalue weighted by molar-refractivity contribution is 5.77. The molecule has 1 aliphatic carbocycles. The van der Waals surface area contributed by atoms with Gasteiger partial charge in [-0.05, 0) is 25.8 Å². The van der Waals surface area contributed by atoms with Crippen molar-refractivity contribution >= 4 is 11.7 Å². The highest BCUT2D eigenvalue weighted by atomic mass is 16.1. The molecule has 0 radical (unpaired) electrons. The summed E-state index contributed by atoms with van der Waals surface area (Å²) in [5.41, 5.74) is 0. The summed E-state index contributed by atoms with van der Waals surface area (Å²) in [6.07, 6.45) is 9.87. The molecule has 3 heterocycles. The molecule has 2 aromatic rings. The molecule has 0 spiro atoms. The molecule has 26 heavy (non-hydrogen) atoms.